The first kappa shape index (κ1) is 11.9. The van der Waals surface area contributed by atoms with Gasteiger partial charge < -0.3 is 4.90 Å². The highest BCUT2D eigenvalue weighted by molar-refractivity contribution is 5.77. The zero-order valence-corrected chi connectivity index (χ0v) is 11.0. The number of carbonyl (C=O) groups excluding carboxylic acids is 1. The van der Waals surface area contributed by atoms with Crippen molar-refractivity contribution in [2.24, 2.45) is 11.3 Å². The van der Waals surface area contributed by atoms with Crippen LogP contribution in [0.2, 0.25) is 0 Å². The molecule has 1 amide bonds. The maximum atomic E-state index is 12.2. The van der Waals surface area contributed by atoms with Crippen LogP contribution in [0, 0.1) is 11.3 Å². The molecule has 1 aliphatic carbocycles. The van der Waals surface area contributed by atoms with E-state index in [1.807, 2.05) is 0 Å². The van der Waals surface area contributed by atoms with Gasteiger partial charge in [-0.3, -0.25) is 4.79 Å². The topological polar surface area (TPSA) is 20.3 Å². The van der Waals surface area contributed by atoms with Crippen LogP contribution in [0.5, 0.6) is 0 Å². The minimum absolute atomic E-state index is 0.129. The van der Waals surface area contributed by atoms with Gasteiger partial charge in [0.2, 0.25) is 5.91 Å². The Balaban J connectivity index is 1.94. The molecular formula is C14H25NO. The molecule has 2 aliphatic rings. The summed E-state index contributed by atoms with van der Waals surface area (Å²) in [5.74, 6) is 1.22. The SMILES string of the molecule is CC(C)(C)CC(=O)N1CCCC1C1CCC1. The van der Waals surface area contributed by atoms with Crippen molar-refractivity contribution in [1.82, 2.24) is 4.90 Å². The molecule has 0 aromatic rings. The summed E-state index contributed by atoms with van der Waals surface area (Å²) < 4.78 is 0. The predicted octanol–water partition coefficient (Wildman–Crippen LogP) is 3.21. The lowest BCUT2D eigenvalue weighted by molar-refractivity contribution is -0.135. The van der Waals surface area contributed by atoms with E-state index in [0.29, 0.717) is 18.4 Å². The Hall–Kier alpha value is -0.530. The Bertz CT molecular complexity index is 262. The van der Waals surface area contributed by atoms with Gasteiger partial charge in [0.25, 0.3) is 0 Å². The molecule has 1 saturated heterocycles. The van der Waals surface area contributed by atoms with Gasteiger partial charge in [0.05, 0.1) is 0 Å². The number of nitrogens with zero attached hydrogens (tertiary/aromatic N) is 1. The van der Waals surface area contributed by atoms with Crippen LogP contribution in [-0.2, 0) is 4.79 Å². The molecule has 2 heteroatoms. The monoisotopic (exact) mass is 223 g/mol. The minimum Gasteiger partial charge on any atom is -0.339 e. The molecule has 1 saturated carbocycles. The first-order valence-corrected chi connectivity index (χ1v) is 6.77. The highest BCUT2D eigenvalue weighted by atomic mass is 16.2. The summed E-state index contributed by atoms with van der Waals surface area (Å²) in [7, 11) is 0. The van der Waals surface area contributed by atoms with E-state index in [0.717, 1.165) is 12.5 Å². The van der Waals surface area contributed by atoms with E-state index in [4.69, 9.17) is 0 Å². The fraction of sp³-hybridized carbons (Fsp3) is 0.929. The summed E-state index contributed by atoms with van der Waals surface area (Å²) in [5, 5.41) is 0. The second-order valence-electron chi connectivity index (χ2n) is 6.73. The van der Waals surface area contributed by atoms with Gasteiger partial charge in [-0.25, -0.2) is 0 Å². The van der Waals surface area contributed by atoms with Gasteiger partial charge in [0.15, 0.2) is 0 Å². The molecule has 1 heterocycles. The molecule has 1 aliphatic heterocycles. The second-order valence-corrected chi connectivity index (χ2v) is 6.73. The first-order chi connectivity index (χ1) is 7.47. The maximum absolute atomic E-state index is 12.2. The van der Waals surface area contributed by atoms with Crippen LogP contribution in [0.1, 0.15) is 59.3 Å². The molecule has 2 fully saturated rings. The summed E-state index contributed by atoms with van der Waals surface area (Å²) in [4.78, 5) is 14.4. The van der Waals surface area contributed by atoms with Gasteiger partial charge in [-0.1, -0.05) is 27.2 Å². The Morgan fingerprint density at radius 3 is 2.38 bits per heavy atom. The zero-order chi connectivity index (χ0) is 11.8. The molecule has 1 unspecified atom stereocenters. The first-order valence-electron chi connectivity index (χ1n) is 6.77. The van der Waals surface area contributed by atoms with Crippen molar-refractivity contribution in [2.75, 3.05) is 6.54 Å². The Kier molecular flexibility index (Phi) is 3.27. The fourth-order valence-corrected chi connectivity index (χ4v) is 2.97. The third-order valence-electron chi connectivity index (χ3n) is 4.00. The van der Waals surface area contributed by atoms with Crippen LogP contribution in [0.4, 0.5) is 0 Å². The standard InChI is InChI=1S/C14H25NO/c1-14(2,3)10-13(16)15-9-5-8-12(15)11-6-4-7-11/h11-12H,4-10H2,1-3H3. The van der Waals surface area contributed by atoms with Crippen molar-refractivity contribution in [2.45, 2.75) is 65.3 Å². The molecule has 2 rings (SSSR count). The normalized spacial score (nSPS) is 26.9. The summed E-state index contributed by atoms with van der Waals surface area (Å²) in [6.45, 7) is 7.47. The van der Waals surface area contributed by atoms with Crippen LogP contribution in [0.3, 0.4) is 0 Å². The Labute approximate surface area is 99.4 Å². The van der Waals surface area contributed by atoms with E-state index in [1.165, 1.54) is 32.1 Å². The van der Waals surface area contributed by atoms with Crippen molar-refractivity contribution >= 4 is 5.91 Å². The van der Waals surface area contributed by atoms with Gasteiger partial charge in [0, 0.05) is 19.0 Å². The molecular weight excluding hydrogens is 198 g/mol. The fourth-order valence-electron chi connectivity index (χ4n) is 2.97. The average Bonchev–Trinajstić information content (AvgIpc) is 2.45. The molecule has 0 N–H and O–H groups in total. The van der Waals surface area contributed by atoms with E-state index in [2.05, 4.69) is 25.7 Å². The van der Waals surface area contributed by atoms with E-state index >= 15 is 0 Å². The van der Waals surface area contributed by atoms with Gasteiger partial charge in [0.1, 0.15) is 0 Å². The Morgan fingerprint density at radius 1 is 1.19 bits per heavy atom. The van der Waals surface area contributed by atoms with Crippen molar-refractivity contribution < 1.29 is 4.79 Å². The number of likely N-dealkylation sites (tertiary alicyclic amines) is 1. The van der Waals surface area contributed by atoms with Crippen molar-refractivity contribution in [3.63, 3.8) is 0 Å². The van der Waals surface area contributed by atoms with Gasteiger partial charge in [-0.05, 0) is 37.0 Å². The number of amides is 1. The molecule has 16 heavy (non-hydrogen) atoms. The van der Waals surface area contributed by atoms with E-state index in [1.54, 1.807) is 0 Å². The van der Waals surface area contributed by atoms with Gasteiger partial charge in [-0.15, -0.1) is 0 Å². The van der Waals surface area contributed by atoms with E-state index in [9.17, 15) is 4.79 Å². The van der Waals surface area contributed by atoms with E-state index in [-0.39, 0.29) is 5.41 Å². The highest BCUT2D eigenvalue weighted by Crippen LogP contribution is 2.38. The van der Waals surface area contributed by atoms with Crippen LogP contribution in [0.15, 0.2) is 0 Å². The lowest BCUT2D eigenvalue weighted by Crippen LogP contribution is -2.43. The molecule has 0 spiro atoms. The van der Waals surface area contributed by atoms with Crippen LogP contribution >= 0.6 is 0 Å². The van der Waals surface area contributed by atoms with Crippen LogP contribution in [0.25, 0.3) is 0 Å². The largest absolute Gasteiger partial charge is 0.339 e. The number of rotatable bonds is 2. The van der Waals surface area contributed by atoms with Crippen molar-refractivity contribution in [3.05, 3.63) is 0 Å². The molecule has 0 bridgehead atoms. The molecule has 0 radical (unpaired) electrons. The molecule has 0 aromatic heterocycles. The molecule has 92 valence electrons. The quantitative estimate of drug-likeness (QED) is 0.704. The second kappa shape index (κ2) is 4.38. The van der Waals surface area contributed by atoms with Crippen molar-refractivity contribution in [3.8, 4) is 0 Å². The van der Waals surface area contributed by atoms with Gasteiger partial charge >= 0.3 is 0 Å². The third kappa shape index (κ3) is 2.58. The molecule has 0 aromatic carbocycles. The lowest BCUT2D eigenvalue weighted by Gasteiger charge is -2.38. The number of hydrogen-bond donors (Lipinski definition) is 0. The predicted molar refractivity (Wildman–Crippen MR) is 66.1 cm³/mol. The van der Waals surface area contributed by atoms with E-state index < -0.39 is 0 Å². The van der Waals surface area contributed by atoms with Crippen LogP contribution in [-0.4, -0.2) is 23.4 Å². The summed E-state index contributed by atoms with van der Waals surface area (Å²) in [6.07, 6.45) is 7.25. The number of carbonyl (C=O) groups is 1. The maximum Gasteiger partial charge on any atom is 0.223 e. The summed E-state index contributed by atoms with van der Waals surface area (Å²) in [6, 6.07) is 0.587. The average molecular weight is 223 g/mol. The highest BCUT2D eigenvalue weighted by Gasteiger charge is 2.37. The van der Waals surface area contributed by atoms with Gasteiger partial charge in [-0.2, -0.15) is 0 Å². The lowest BCUT2D eigenvalue weighted by atomic mass is 9.78. The summed E-state index contributed by atoms with van der Waals surface area (Å²) in [5.41, 5.74) is 0.129. The summed E-state index contributed by atoms with van der Waals surface area (Å²) >= 11 is 0. The minimum atomic E-state index is 0.129. The third-order valence-corrected chi connectivity index (χ3v) is 4.00. The number of hydrogen-bond acceptors (Lipinski definition) is 1. The molecule has 1 atom stereocenters. The van der Waals surface area contributed by atoms with Crippen molar-refractivity contribution in [1.29, 1.82) is 0 Å². The Morgan fingerprint density at radius 2 is 1.88 bits per heavy atom. The van der Waals surface area contributed by atoms with Crippen LogP contribution < -0.4 is 0 Å². The molecule has 2 nitrogen and oxygen atoms in total. The zero-order valence-electron chi connectivity index (χ0n) is 11.0. The smallest absolute Gasteiger partial charge is 0.223 e.